The lowest BCUT2D eigenvalue weighted by molar-refractivity contribution is -0.140. The van der Waals surface area contributed by atoms with Crippen LogP contribution < -0.4 is 5.43 Å². The van der Waals surface area contributed by atoms with Gasteiger partial charge in [-0.25, -0.2) is 4.79 Å². The predicted molar refractivity (Wildman–Crippen MR) is 103 cm³/mol. The number of benzene rings is 1. The molecule has 150 valence electrons. The Labute approximate surface area is 166 Å². The average Bonchev–Trinajstić information content (AvgIpc) is 2.67. The summed E-state index contributed by atoms with van der Waals surface area (Å²) in [6, 6.07) is 5.41. The first-order chi connectivity index (χ1) is 13.3. The van der Waals surface area contributed by atoms with Crippen LogP contribution in [0.1, 0.15) is 24.4 Å². The molecule has 0 fully saturated rings. The van der Waals surface area contributed by atoms with Gasteiger partial charge in [-0.15, -0.1) is 0 Å². The summed E-state index contributed by atoms with van der Waals surface area (Å²) < 4.78 is 10.3. The van der Waals surface area contributed by atoms with Crippen molar-refractivity contribution in [2.75, 3.05) is 33.3 Å². The van der Waals surface area contributed by atoms with Crippen molar-refractivity contribution < 1.29 is 23.5 Å². The number of carbonyl (C=O) groups is 3. The van der Waals surface area contributed by atoms with E-state index in [-0.39, 0.29) is 29.2 Å². The highest BCUT2D eigenvalue weighted by Crippen LogP contribution is 2.18. The van der Waals surface area contributed by atoms with Crippen LogP contribution in [0.5, 0.6) is 0 Å². The second-order valence-corrected chi connectivity index (χ2v) is 6.44. The molecule has 1 aromatic heterocycles. The number of amides is 2. The lowest BCUT2D eigenvalue weighted by atomic mass is 10.2. The molecule has 2 rings (SSSR count). The van der Waals surface area contributed by atoms with Crippen LogP contribution in [0.4, 0.5) is 0 Å². The van der Waals surface area contributed by atoms with Gasteiger partial charge >= 0.3 is 5.97 Å². The second kappa shape index (κ2) is 9.36. The van der Waals surface area contributed by atoms with Gasteiger partial charge in [0, 0.05) is 31.2 Å². The minimum Gasteiger partial charge on any atom is -0.450 e. The Balaban J connectivity index is 2.00. The van der Waals surface area contributed by atoms with E-state index in [1.807, 2.05) is 13.8 Å². The van der Waals surface area contributed by atoms with Gasteiger partial charge in [0.15, 0.2) is 12.0 Å². The van der Waals surface area contributed by atoms with E-state index in [0.717, 1.165) is 6.07 Å². The number of fused-ring (bicyclic) bond motifs is 1. The van der Waals surface area contributed by atoms with E-state index in [9.17, 15) is 19.2 Å². The normalized spacial score (nSPS) is 10.6. The van der Waals surface area contributed by atoms with Crippen LogP contribution in [0.25, 0.3) is 11.0 Å². The number of hydrogen-bond acceptors (Lipinski definition) is 6. The fourth-order valence-electron chi connectivity index (χ4n) is 2.51. The summed E-state index contributed by atoms with van der Waals surface area (Å²) in [6.45, 7) is 4.07. The maximum absolute atomic E-state index is 12.1. The van der Waals surface area contributed by atoms with Crippen molar-refractivity contribution in [1.82, 2.24) is 9.80 Å². The molecule has 1 heterocycles. The summed E-state index contributed by atoms with van der Waals surface area (Å²) in [7, 11) is 1.44. The summed E-state index contributed by atoms with van der Waals surface area (Å²) in [5, 5.41) is 0.595. The van der Waals surface area contributed by atoms with Gasteiger partial charge in [0.2, 0.25) is 11.7 Å². The van der Waals surface area contributed by atoms with E-state index < -0.39 is 23.9 Å². The van der Waals surface area contributed by atoms with E-state index in [1.54, 1.807) is 4.90 Å². The standard InChI is InChI=1S/C19H21ClN2O6/c1-4-22(5-2)17(24)10-21(3)18(25)11-27-19(26)16-9-14(23)13-8-12(20)6-7-15(13)28-16/h6-9H,4-5,10-11H2,1-3H3. The van der Waals surface area contributed by atoms with Crippen molar-refractivity contribution in [1.29, 1.82) is 0 Å². The number of hydrogen-bond donors (Lipinski definition) is 0. The van der Waals surface area contributed by atoms with Gasteiger partial charge in [0.25, 0.3) is 5.91 Å². The van der Waals surface area contributed by atoms with Gasteiger partial charge in [-0.05, 0) is 32.0 Å². The molecule has 2 amide bonds. The monoisotopic (exact) mass is 408 g/mol. The molecule has 0 aliphatic carbocycles. The lowest BCUT2D eigenvalue weighted by Gasteiger charge is -2.23. The number of carbonyl (C=O) groups excluding carboxylic acids is 3. The van der Waals surface area contributed by atoms with Crippen LogP contribution in [0.3, 0.4) is 0 Å². The molecule has 0 aliphatic rings. The zero-order valence-electron chi connectivity index (χ0n) is 15.9. The molecule has 0 unspecified atom stereocenters. The Kier molecular flexibility index (Phi) is 7.17. The fraction of sp³-hybridized carbons (Fsp3) is 0.368. The summed E-state index contributed by atoms with van der Waals surface area (Å²) in [5.41, 5.74) is -0.277. The van der Waals surface area contributed by atoms with Gasteiger partial charge in [0.05, 0.1) is 11.9 Å². The molecule has 2 aromatic rings. The van der Waals surface area contributed by atoms with E-state index in [2.05, 4.69) is 0 Å². The van der Waals surface area contributed by atoms with Gasteiger partial charge in [0.1, 0.15) is 5.58 Å². The molecule has 0 bridgehead atoms. The van der Waals surface area contributed by atoms with Crippen LogP contribution in [-0.4, -0.2) is 60.9 Å². The number of nitrogens with zero attached hydrogens (tertiary/aromatic N) is 2. The quantitative estimate of drug-likeness (QED) is 0.649. The molecular weight excluding hydrogens is 388 g/mol. The summed E-state index contributed by atoms with van der Waals surface area (Å²) >= 11 is 5.84. The Morgan fingerprint density at radius 3 is 2.43 bits per heavy atom. The van der Waals surface area contributed by atoms with Crippen LogP contribution >= 0.6 is 11.6 Å². The fourth-order valence-corrected chi connectivity index (χ4v) is 2.68. The first kappa shape index (κ1) is 21.4. The number of rotatable bonds is 7. The summed E-state index contributed by atoms with van der Waals surface area (Å²) in [5.74, 6) is -2.03. The molecular formula is C19H21ClN2O6. The highest BCUT2D eigenvalue weighted by Gasteiger charge is 2.20. The van der Waals surface area contributed by atoms with Crippen molar-refractivity contribution in [3.63, 3.8) is 0 Å². The number of esters is 1. The van der Waals surface area contributed by atoms with E-state index >= 15 is 0 Å². The third kappa shape index (κ3) is 5.10. The molecule has 0 atom stereocenters. The predicted octanol–water partition coefficient (Wildman–Crippen LogP) is 1.93. The number of ether oxygens (including phenoxy) is 1. The molecule has 0 saturated heterocycles. The minimum atomic E-state index is -0.953. The maximum atomic E-state index is 12.1. The summed E-state index contributed by atoms with van der Waals surface area (Å²) in [4.78, 5) is 51.1. The smallest absolute Gasteiger partial charge is 0.374 e. The van der Waals surface area contributed by atoms with Crippen molar-refractivity contribution in [3.05, 3.63) is 45.3 Å². The maximum Gasteiger partial charge on any atom is 0.374 e. The largest absolute Gasteiger partial charge is 0.450 e. The molecule has 9 heteroatoms. The molecule has 28 heavy (non-hydrogen) atoms. The van der Waals surface area contributed by atoms with Gasteiger partial charge in [-0.2, -0.15) is 0 Å². The zero-order chi connectivity index (χ0) is 20.8. The van der Waals surface area contributed by atoms with E-state index in [1.165, 1.54) is 30.1 Å². The van der Waals surface area contributed by atoms with Gasteiger partial charge in [-0.1, -0.05) is 11.6 Å². The molecule has 0 N–H and O–H groups in total. The average molecular weight is 409 g/mol. The Morgan fingerprint density at radius 2 is 1.79 bits per heavy atom. The zero-order valence-corrected chi connectivity index (χ0v) is 16.6. The van der Waals surface area contributed by atoms with Crippen LogP contribution in [0, 0.1) is 0 Å². The topological polar surface area (TPSA) is 97.1 Å². The third-order valence-electron chi connectivity index (χ3n) is 4.13. The number of likely N-dealkylation sites (N-methyl/N-ethyl adjacent to an activating group) is 2. The molecule has 1 aromatic carbocycles. The Bertz CT molecular complexity index is 951. The van der Waals surface area contributed by atoms with Crippen LogP contribution in [-0.2, 0) is 14.3 Å². The van der Waals surface area contributed by atoms with Crippen LogP contribution in [0.15, 0.2) is 33.5 Å². The van der Waals surface area contributed by atoms with Crippen molar-refractivity contribution in [2.24, 2.45) is 0 Å². The highest BCUT2D eigenvalue weighted by molar-refractivity contribution is 6.31. The molecule has 0 spiro atoms. The van der Waals surface area contributed by atoms with E-state index in [0.29, 0.717) is 18.1 Å². The molecule has 0 aliphatic heterocycles. The first-order valence-corrected chi connectivity index (χ1v) is 9.06. The second-order valence-electron chi connectivity index (χ2n) is 6.01. The Morgan fingerprint density at radius 1 is 1.11 bits per heavy atom. The molecule has 0 radical (unpaired) electrons. The third-order valence-corrected chi connectivity index (χ3v) is 4.37. The Hall–Kier alpha value is -2.87. The first-order valence-electron chi connectivity index (χ1n) is 8.69. The van der Waals surface area contributed by atoms with Crippen molar-refractivity contribution in [2.45, 2.75) is 13.8 Å². The SMILES string of the molecule is CCN(CC)C(=O)CN(C)C(=O)COC(=O)c1cc(=O)c2cc(Cl)ccc2o1. The lowest BCUT2D eigenvalue weighted by Crippen LogP contribution is -2.42. The van der Waals surface area contributed by atoms with E-state index in [4.69, 9.17) is 20.8 Å². The summed E-state index contributed by atoms with van der Waals surface area (Å²) in [6.07, 6.45) is 0. The van der Waals surface area contributed by atoms with Gasteiger partial charge in [-0.3, -0.25) is 14.4 Å². The number of halogens is 1. The van der Waals surface area contributed by atoms with Crippen molar-refractivity contribution >= 4 is 40.4 Å². The molecule has 8 nitrogen and oxygen atoms in total. The van der Waals surface area contributed by atoms with Crippen LogP contribution in [0.2, 0.25) is 5.02 Å². The van der Waals surface area contributed by atoms with Crippen molar-refractivity contribution in [3.8, 4) is 0 Å². The van der Waals surface area contributed by atoms with Gasteiger partial charge < -0.3 is 19.0 Å². The highest BCUT2D eigenvalue weighted by atomic mass is 35.5. The minimum absolute atomic E-state index is 0.121. The molecule has 0 saturated carbocycles.